The summed E-state index contributed by atoms with van der Waals surface area (Å²) in [6, 6.07) is 11.6. The fraction of sp³-hybridized carbons (Fsp3) is 0.400. The molecule has 4 nitrogen and oxygen atoms in total. The van der Waals surface area contributed by atoms with Crippen LogP contribution in [0.3, 0.4) is 0 Å². The van der Waals surface area contributed by atoms with E-state index in [0.717, 1.165) is 36.5 Å². The normalized spacial score (nSPS) is 24.3. The van der Waals surface area contributed by atoms with Crippen molar-refractivity contribution in [3.8, 4) is 11.4 Å². The molecule has 2 atom stereocenters. The molecule has 4 heteroatoms. The molecule has 0 amide bonds. The molecular formula is C20H24N4. The lowest BCUT2D eigenvalue weighted by atomic mass is 9.88. The summed E-state index contributed by atoms with van der Waals surface area (Å²) in [7, 11) is 0. The SMILES string of the molecule is CC1CC(c2ncc3ncc(Cc4ccccc4)c-3[nH]2)CC(C)N1. The number of H-pyrrole nitrogens is 1. The number of hydrogen-bond acceptors (Lipinski definition) is 3. The summed E-state index contributed by atoms with van der Waals surface area (Å²) in [6.07, 6.45) is 7.06. The van der Waals surface area contributed by atoms with Gasteiger partial charge in [0.1, 0.15) is 11.5 Å². The van der Waals surface area contributed by atoms with E-state index in [1.165, 1.54) is 11.1 Å². The third-order valence-electron chi connectivity index (χ3n) is 4.98. The maximum Gasteiger partial charge on any atom is 0.109 e. The number of aromatic nitrogens is 3. The summed E-state index contributed by atoms with van der Waals surface area (Å²) in [4.78, 5) is 12.8. The molecule has 1 aromatic carbocycles. The minimum Gasteiger partial charge on any atom is -0.341 e. The van der Waals surface area contributed by atoms with Gasteiger partial charge in [-0.05, 0) is 32.3 Å². The van der Waals surface area contributed by atoms with E-state index < -0.39 is 0 Å². The highest BCUT2D eigenvalue weighted by atomic mass is 15.0. The zero-order valence-corrected chi connectivity index (χ0v) is 14.3. The quantitative estimate of drug-likeness (QED) is 0.773. The molecule has 3 heterocycles. The first-order chi connectivity index (χ1) is 11.7. The maximum absolute atomic E-state index is 4.67. The van der Waals surface area contributed by atoms with Gasteiger partial charge in [0.2, 0.25) is 0 Å². The number of nitrogens with one attached hydrogen (secondary N) is 2. The topological polar surface area (TPSA) is 53.6 Å². The monoisotopic (exact) mass is 320 g/mol. The predicted octanol–water partition coefficient (Wildman–Crippen LogP) is 3.74. The van der Waals surface area contributed by atoms with Gasteiger partial charge in [-0.2, -0.15) is 0 Å². The second-order valence-corrected chi connectivity index (χ2v) is 7.11. The molecule has 3 aliphatic rings. The molecule has 0 aliphatic carbocycles. The number of aromatic amines is 1. The largest absolute Gasteiger partial charge is 0.341 e. The van der Waals surface area contributed by atoms with Gasteiger partial charge in [-0.15, -0.1) is 0 Å². The van der Waals surface area contributed by atoms with Crippen molar-refractivity contribution >= 4 is 0 Å². The van der Waals surface area contributed by atoms with Crippen LogP contribution in [0.5, 0.6) is 0 Å². The average Bonchev–Trinajstić information content (AvgIpc) is 2.97. The summed E-state index contributed by atoms with van der Waals surface area (Å²) in [5.41, 5.74) is 4.65. The van der Waals surface area contributed by atoms with Crippen molar-refractivity contribution < 1.29 is 0 Å². The molecule has 3 aliphatic heterocycles. The number of fused-ring (bicyclic) bond motifs is 1. The van der Waals surface area contributed by atoms with Crippen molar-refractivity contribution in [1.29, 1.82) is 0 Å². The minimum absolute atomic E-state index is 0.486. The van der Waals surface area contributed by atoms with Gasteiger partial charge in [0.05, 0.1) is 11.9 Å². The minimum atomic E-state index is 0.486. The molecule has 24 heavy (non-hydrogen) atoms. The van der Waals surface area contributed by atoms with E-state index in [0.29, 0.717) is 18.0 Å². The lowest BCUT2D eigenvalue weighted by Crippen LogP contribution is -2.41. The van der Waals surface area contributed by atoms with E-state index in [1.807, 2.05) is 12.4 Å². The van der Waals surface area contributed by atoms with Crippen molar-refractivity contribution in [3.63, 3.8) is 0 Å². The van der Waals surface area contributed by atoms with Gasteiger partial charge in [-0.3, -0.25) is 4.98 Å². The molecule has 0 spiro atoms. The van der Waals surface area contributed by atoms with E-state index in [9.17, 15) is 0 Å². The molecule has 4 rings (SSSR count). The third-order valence-corrected chi connectivity index (χ3v) is 4.98. The third kappa shape index (κ3) is 3.06. The van der Waals surface area contributed by atoms with Crippen LogP contribution < -0.4 is 5.32 Å². The summed E-state index contributed by atoms with van der Waals surface area (Å²) < 4.78 is 0. The van der Waals surface area contributed by atoms with E-state index in [-0.39, 0.29) is 0 Å². The summed E-state index contributed by atoms with van der Waals surface area (Å²) in [6.45, 7) is 4.51. The zero-order chi connectivity index (χ0) is 16.5. The lowest BCUT2D eigenvalue weighted by molar-refractivity contribution is 0.309. The van der Waals surface area contributed by atoms with E-state index >= 15 is 0 Å². The Hall–Kier alpha value is -2.20. The molecule has 1 fully saturated rings. The second kappa shape index (κ2) is 6.36. The average molecular weight is 320 g/mol. The Morgan fingerprint density at radius 2 is 1.75 bits per heavy atom. The van der Waals surface area contributed by atoms with Crippen molar-refractivity contribution in [2.45, 2.75) is 51.1 Å². The molecule has 124 valence electrons. The van der Waals surface area contributed by atoms with Crippen molar-refractivity contribution in [2.24, 2.45) is 0 Å². The molecule has 2 unspecified atom stereocenters. The summed E-state index contributed by atoms with van der Waals surface area (Å²) >= 11 is 0. The van der Waals surface area contributed by atoms with Crippen LogP contribution in [0.15, 0.2) is 42.7 Å². The Kier molecular flexibility index (Phi) is 4.07. The number of benzene rings is 1. The Balaban J connectivity index is 1.64. The molecule has 0 radical (unpaired) electrons. The van der Waals surface area contributed by atoms with Gasteiger partial charge in [0, 0.05) is 36.2 Å². The molecule has 0 saturated carbocycles. The fourth-order valence-corrected chi connectivity index (χ4v) is 3.93. The number of nitrogens with zero attached hydrogens (tertiary/aromatic N) is 2. The molecular weight excluding hydrogens is 296 g/mol. The highest BCUT2D eigenvalue weighted by Crippen LogP contribution is 2.31. The smallest absolute Gasteiger partial charge is 0.109 e. The lowest BCUT2D eigenvalue weighted by Gasteiger charge is -2.32. The van der Waals surface area contributed by atoms with E-state index in [1.54, 1.807) is 0 Å². The van der Waals surface area contributed by atoms with Gasteiger partial charge < -0.3 is 10.3 Å². The highest BCUT2D eigenvalue weighted by molar-refractivity contribution is 5.61. The van der Waals surface area contributed by atoms with Crippen LogP contribution in [0.25, 0.3) is 11.4 Å². The van der Waals surface area contributed by atoms with Crippen LogP contribution in [0.2, 0.25) is 0 Å². The Morgan fingerprint density at radius 1 is 1.00 bits per heavy atom. The van der Waals surface area contributed by atoms with Crippen LogP contribution in [-0.4, -0.2) is 27.0 Å². The van der Waals surface area contributed by atoms with Crippen molar-refractivity contribution in [3.05, 3.63) is 59.7 Å². The van der Waals surface area contributed by atoms with Crippen LogP contribution in [-0.2, 0) is 6.42 Å². The van der Waals surface area contributed by atoms with Crippen LogP contribution >= 0.6 is 0 Å². The zero-order valence-electron chi connectivity index (χ0n) is 14.3. The molecule has 1 saturated heterocycles. The molecule has 1 aromatic rings. The van der Waals surface area contributed by atoms with Crippen LogP contribution in [0, 0.1) is 0 Å². The second-order valence-electron chi connectivity index (χ2n) is 7.11. The highest BCUT2D eigenvalue weighted by Gasteiger charge is 2.27. The molecule has 0 aromatic heterocycles. The van der Waals surface area contributed by atoms with E-state index in [4.69, 9.17) is 0 Å². The summed E-state index contributed by atoms with van der Waals surface area (Å²) in [5, 5.41) is 3.60. The van der Waals surface area contributed by atoms with Crippen molar-refractivity contribution in [2.75, 3.05) is 0 Å². The Labute approximate surface area is 143 Å². The number of hydrogen-bond donors (Lipinski definition) is 2. The van der Waals surface area contributed by atoms with Gasteiger partial charge in [0.15, 0.2) is 0 Å². The Morgan fingerprint density at radius 3 is 2.50 bits per heavy atom. The molecule has 0 bridgehead atoms. The van der Waals surface area contributed by atoms with Crippen molar-refractivity contribution in [1.82, 2.24) is 20.3 Å². The molecule has 2 N–H and O–H groups in total. The standard InChI is InChI=1S/C20H24N4/c1-13-8-16(9-14(2)23-13)20-22-12-18-19(24-20)17(11-21-18)10-15-6-4-3-5-7-15/h3-7,11-14,16,23H,8-10H2,1-2H3,(H,22,24). The first-order valence-electron chi connectivity index (χ1n) is 8.81. The number of piperidine rings is 1. The number of rotatable bonds is 3. The first kappa shape index (κ1) is 15.3. The summed E-state index contributed by atoms with van der Waals surface area (Å²) in [5.74, 6) is 1.59. The van der Waals surface area contributed by atoms with Gasteiger partial charge in [0.25, 0.3) is 0 Å². The predicted molar refractivity (Wildman–Crippen MR) is 96.3 cm³/mol. The van der Waals surface area contributed by atoms with Gasteiger partial charge in [-0.25, -0.2) is 4.98 Å². The fourth-order valence-electron chi connectivity index (χ4n) is 3.93. The van der Waals surface area contributed by atoms with Crippen LogP contribution in [0.1, 0.15) is 49.6 Å². The van der Waals surface area contributed by atoms with Gasteiger partial charge >= 0.3 is 0 Å². The van der Waals surface area contributed by atoms with Gasteiger partial charge in [-0.1, -0.05) is 30.3 Å². The Bertz CT molecular complexity index is 770. The maximum atomic E-state index is 4.67. The van der Waals surface area contributed by atoms with Crippen LogP contribution in [0.4, 0.5) is 0 Å². The van der Waals surface area contributed by atoms with E-state index in [2.05, 4.69) is 64.4 Å². The first-order valence-corrected chi connectivity index (χ1v) is 8.81.